The average molecular weight is 430 g/mol. The fourth-order valence-electron chi connectivity index (χ4n) is 6.11. The summed E-state index contributed by atoms with van der Waals surface area (Å²) in [7, 11) is 0. The van der Waals surface area contributed by atoms with E-state index in [0.717, 1.165) is 50.6 Å². The maximum atomic E-state index is 13.5. The van der Waals surface area contributed by atoms with Crippen LogP contribution in [-0.4, -0.2) is 51.4 Å². The zero-order valence-electron chi connectivity index (χ0n) is 18.7. The lowest BCUT2D eigenvalue weighted by Crippen LogP contribution is -2.55. The van der Waals surface area contributed by atoms with Gasteiger partial charge in [0.15, 0.2) is 0 Å². The van der Waals surface area contributed by atoms with Crippen LogP contribution in [0.25, 0.3) is 0 Å². The number of aromatic amines is 1. The first-order valence-electron chi connectivity index (χ1n) is 12.5. The van der Waals surface area contributed by atoms with Crippen molar-refractivity contribution in [3.63, 3.8) is 0 Å². The molecule has 2 saturated carbocycles. The molecule has 0 spiro atoms. The van der Waals surface area contributed by atoms with Gasteiger partial charge in [-0.1, -0.05) is 44.9 Å². The molecule has 0 unspecified atom stereocenters. The number of nitrogens with one attached hydrogen (secondary N) is 2. The van der Waals surface area contributed by atoms with Gasteiger partial charge in [0, 0.05) is 24.5 Å². The molecule has 0 bridgehead atoms. The highest BCUT2D eigenvalue weighted by Gasteiger charge is 2.48. The van der Waals surface area contributed by atoms with E-state index < -0.39 is 6.04 Å². The Morgan fingerprint density at radius 3 is 2.71 bits per heavy atom. The van der Waals surface area contributed by atoms with Gasteiger partial charge in [-0.3, -0.25) is 9.59 Å². The summed E-state index contributed by atoms with van der Waals surface area (Å²) in [5.41, 5.74) is 7.53. The first-order valence-corrected chi connectivity index (χ1v) is 12.5. The molecule has 172 valence electrons. The normalized spacial score (nSPS) is 27.6. The number of hydrogen-bond acceptors (Lipinski definition) is 4. The number of fused-ring (bicyclic) bond motifs is 1. The number of rotatable bonds is 8. The van der Waals surface area contributed by atoms with E-state index in [-0.39, 0.29) is 23.9 Å². The summed E-state index contributed by atoms with van der Waals surface area (Å²) in [4.78, 5) is 35.6. The Bertz CT molecular complexity index is 716. The molecule has 0 radical (unpaired) electrons. The fraction of sp³-hybridized carbons (Fsp3) is 0.792. The van der Waals surface area contributed by atoms with Gasteiger partial charge in [-0.2, -0.15) is 0 Å². The second-order valence-electron chi connectivity index (χ2n) is 9.93. The Morgan fingerprint density at radius 2 is 1.94 bits per heavy atom. The average Bonchev–Trinajstić information content (AvgIpc) is 3.44. The molecule has 2 amide bonds. The van der Waals surface area contributed by atoms with Crippen LogP contribution in [0.15, 0.2) is 12.5 Å². The minimum absolute atomic E-state index is 0.00257. The number of carbonyl (C=O) groups is 2. The SMILES string of the molecule is N[C@H](CC1CCCCC1)C(=O)N1[C@H](C(=O)NCCCc2cnc[nH]2)C[C@@H]2CCCC[C@@H]21. The van der Waals surface area contributed by atoms with Crippen molar-refractivity contribution >= 4 is 11.8 Å². The molecule has 3 fully saturated rings. The summed E-state index contributed by atoms with van der Waals surface area (Å²) in [5, 5.41) is 3.09. The second-order valence-corrected chi connectivity index (χ2v) is 9.93. The number of amides is 2. The number of aromatic nitrogens is 2. The Hall–Kier alpha value is -1.89. The van der Waals surface area contributed by atoms with E-state index in [1.54, 1.807) is 6.33 Å². The van der Waals surface area contributed by atoms with Gasteiger partial charge in [0.25, 0.3) is 0 Å². The van der Waals surface area contributed by atoms with E-state index in [9.17, 15) is 9.59 Å². The quantitative estimate of drug-likeness (QED) is 0.553. The van der Waals surface area contributed by atoms with E-state index in [0.29, 0.717) is 18.4 Å². The van der Waals surface area contributed by atoms with Crippen molar-refractivity contribution in [1.29, 1.82) is 0 Å². The largest absolute Gasteiger partial charge is 0.354 e. The topological polar surface area (TPSA) is 104 Å². The smallest absolute Gasteiger partial charge is 0.242 e. The molecule has 4 N–H and O–H groups in total. The highest BCUT2D eigenvalue weighted by molar-refractivity contribution is 5.90. The first kappa shape index (κ1) is 22.3. The Labute approximate surface area is 185 Å². The van der Waals surface area contributed by atoms with Gasteiger partial charge < -0.3 is 20.9 Å². The standard InChI is InChI=1S/C24H39N5O2/c25-20(13-17-7-2-1-3-8-17)24(31)29-21-11-5-4-9-18(21)14-22(29)23(30)27-12-6-10-19-15-26-16-28-19/h15-18,20-22H,1-14,25H2,(H,26,28)(H,27,30)/t18-,20+,21-,22-/m0/s1. The molecule has 4 rings (SSSR count). The number of likely N-dealkylation sites (tertiary alicyclic amines) is 1. The van der Waals surface area contributed by atoms with Gasteiger partial charge in [0.2, 0.25) is 11.8 Å². The van der Waals surface area contributed by atoms with Crippen molar-refractivity contribution in [2.45, 2.75) is 102 Å². The van der Waals surface area contributed by atoms with Crippen molar-refractivity contribution in [3.8, 4) is 0 Å². The number of H-pyrrole nitrogens is 1. The van der Waals surface area contributed by atoms with E-state index >= 15 is 0 Å². The van der Waals surface area contributed by atoms with Crippen LogP contribution in [0.4, 0.5) is 0 Å². The van der Waals surface area contributed by atoms with E-state index in [4.69, 9.17) is 5.73 Å². The lowest BCUT2D eigenvalue weighted by Gasteiger charge is -2.36. The summed E-state index contributed by atoms with van der Waals surface area (Å²) in [6.45, 7) is 0.611. The second kappa shape index (κ2) is 10.6. The van der Waals surface area contributed by atoms with Gasteiger partial charge in [0.05, 0.1) is 12.4 Å². The minimum Gasteiger partial charge on any atom is -0.354 e. The lowest BCUT2D eigenvalue weighted by atomic mass is 9.83. The van der Waals surface area contributed by atoms with E-state index in [1.807, 2.05) is 11.1 Å². The van der Waals surface area contributed by atoms with Crippen LogP contribution in [0.2, 0.25) is 0 Å². The maximum Gasteiger partial charge on any atom is 0.242 e. The van der Waals surface area contributed by atoms with Crippen molar-refractivity contribution < 1.29 is 9.59 Å². The van der Waals surface area contributed by atoms with Crippen molar-refractivity contribution in [3.05, 3.63) is 18.2 Å². The van der Waals surface area contributed by atoms with Crippen LogP contribution in [0.1, 0.15) is 82.7 Å². The number of nitrogens with two attached hydrogens (primary N) is 1. The molecular weight excluding hydrogens is 390 g/mol. The predicted molar refractivity (Wildman–Crippen MR) is 120 cm³/mol. The van der Waals surface area contributed by atoms with Gasteiger partial charge in [-0.15, -0.1) is 0 Å². The third kappa shape index (κ3) is 5.48. The summed E-state index contributed by atoms with van der Waals surface area (Å²) < 4.78 is 0. The fourth-order valence-corrected chi connectivity index (χ4v) is 6.11. The molecule has 1 aromatic heterocycles. The highest BCUT2D eigenvalue weighted by Crippen LogP contribution is 2.40. The van der Waals surface area contributed by atoms with Crippen molar-refractivity contribution in [2.75, 3.05) is 6.54 Å². The molecular formula is C24H39N5O2. The van der Waals surface area contributed by atoms with E-state index in [2.05, 4.69) is 15.3 Å². The Kier molecular flexibility index (Phi) is 7.64. The van der Waals surface area contributed by atoms with Crippen molar-refractivity contribution in [1.82, 2.24) is 20.2 Å². The van der Waals surface area contributed by atoms with Gasteiger partial charge in [0.1, 0.15) is 6.04 Å². The monoisotopic (exact) mass is 429 g/mol. The number of aryl methyl sites for hydroxylation is 1. The molecule has 3 aliphatic rings. The number of carbonyl (C=O) groups excluding carboxylic acids is 2. The molecule has 0 aromatic carbocycles. The summed E-state index contributed by atoms with van der Waals surface area (Å²) in [5.74, 6) is 1.02. The Balaban J connectivity index is 1.36. The number of nitrogens with zero attached hydrogens (tertiary/aromatic N) is 2. The lowest BCUT2D eigenvalue weighted by molar-refractivity contribution is -0.142. The van der Waals surface area contributed by atoms with Gasteiger partial charge in [-0.25, -0.2) is 4.98 Å². The zero-order chi connectivity index (χ0) is 21.6. The zero-order valence-corrected chi connectivity index (χ0v) is 18.7. The molecule has 7 nitrogen and oxygen atoms in total. The van der Waals surface area contributed by atoms with Crippen LogP contribution in [0.3, 0.4) is 0 Å². The molecule has 31 heavy (non-hydrogen) atoms. The molecule has 1 aromatic rings. The first-order chi connectivity index (χ1) is 15.1. The van der Waals surface area contributed by atoms with Crippen LogP contribution in [0.5, 0.6) is 0 Å². The highest BCUT2D eigenvalue weighted by atomic mass is 16.2. The van der Waals surface area contributed by atoms with E-state index in [1.165, 1.54) is 38.5 Å². The van der Waals surface area contributed by atoms with Gasteiger partial charge in [-0.05, 0) is 50.4 Å². The van der Waals surface area contributed by atoms with Gasteiger partial charge >= 0.3 is 0 Å². The third-order valence-electron chi connectivity index (χ3n) is 7.75. The van der Waals surface area contributed by atoms with Crippen LogP contribution in [0, 0.1) is 11.8 Å². The summed E-state index contributed by atoms with van der Waals surface area (Å²) in [6.07, 6.45) is 17.4. The minimum atomic E-state index is -0.473. The summed E-state index contributed by atoms with van der Waals surface area (Å²) in [6, 6.07) is -0.635. The summed E-state index contributed by atoms with van der Waals surface area (Å²) >= 11 is 0. The third-order valence-corrected chi connectivity index (χ3v) is 7.75. The molecule has 1 saturated heterocycles. The molecule has 7 heteroatoms. The molecule has 2 heterocycles. The van der Waals surface area contributed by atoms with Crippen LogP contribution < -0.4 is 11.1 Å². The number of imidazole rings is 1. The van der Waals surface area contributed by atoms with Crippen LogP contribution >= 0.6 is 0 Å². The molecule has 1 aliphatic heterocycles. The van der Waals surface area contributed by atoms with Crippen LogP contribution in [-0.2, 0) is 16.0 Å². The predicted octanol–water partition coefficient (Wildman–Crippen LogP) is 2.92. The molecule has 2 aliphatic carbocycles. The Morgan fingerprint density at radius 1 is 1.16 bits per heavy atom. The number of hydrogen-bond donors (Lipinski definition) is 3. The maximum absolute atomic E-state index is 13.5. The molecule has 4 atom stereocenters. The van der Waals surface area contributed by atoms with Crippen molar-refractivity contribution in [2.24, 2.45) is 17.6 Å².